The number of aryl methyl sites for hydroxylation is 1. The van der Waals surface area contributed by atoms with Crippen LogP contribution < -0.4 is 11.1 Å². The minimum absolute atomic E-state index is 0.454. The van der Waals surface area contributed by atoms with E-state index in [1.807, 2.05) is 6.07 Å². The molecule has 0 bridgehead atoms. The van der Waals surface area contributed by atoms with Gasteiger partial charge >= 0.3 is 0 Å². The van der Waals surface area contributed by atoms with Crippen molar-refractivity contribution in [1.82, 2.24) is 0 Å². The van der Waals surface area contributed by atoms with Gasteiger partial charge in [-0.2, -0.15) is 0 Å². The number of nitrogens with one attached hydrogen (secondary N) is 1. The first-order chi connectivity index (χ1) is 8.09. The standard InChI is InChI=1S/C15H24N2/c1-12-6-7-14(13(16)10-12)17-11-15(2)8-4-3-5-9-15/h6-7,10,17H,3-5,8-9,11,16H2,1-2H3. The first kappa shape index (κ1) is 12.3. The summed E-state index contributed by atoms with van der Waals surface area (Å²) in [7, 11) is 0. The quantitative estimate of drug-likeness (QED) is 0.774. The molecule has 1 aromatic carbocycles. The molecule has 1 fully saturated rings. The molecule has 2 heteroatoms. The van der Waals surface area contributed by atoms with Gasteiger partial charge in [0, 0.05) is 6.54 Å². The zero-order chi connectivity index (χ0) is 12.3. The fourth-order valence-corrected chi connectivity index (χ4v) is 2.73. The van der Waals surface area contributed by atoms with Crippen molar-refractivity contribution in [1.29, 1.82) is 0 Å². The maximum Gasteiger partial charge on any atom is 0.0574 e. The van der Waals surface area contributed by atoms with E-state index in [0.29, 0.717) is 5.41 Å². The Balaban J connectivity index is 1.97. The number of nitrogens with two attached hydrogens (primary N) is 1. The third kappa shape index (κ3) is 3.15. The molecule has 1 saturated carbocycles. The summed E-state index contributed by atoms with van der Waals surface area (Å²) >= 11 is 0. The van der Waals surface area contributed by atoms with Gasteiger partial charge in [-0.1, -0.05) is 32.3 Å². The molecule has 3 N–H and O–H groups in total. The van der Waals surface area contributed by atoms with Crippen molar-refractivity contribution in [3.63, 3.8) is 0 Å². The van der Waals surface area contributed by atoms with Crippen LogP contribution in [-0.4, -0.2) is 6.54 Å². The van der Waals surface area contributed by atoms with Gasteiger partial charge in [-0.25, -0.2) is 0 Å². The van der Waals surface area contributed by atoms with E-state index in [0.717, 1.165) is 17.9 Å². The Kier molecular flexibility index (Phi) is 3.60. The van der Waals surface area contributed by atoms with Gasteiger partial charge in [0.2, 0.25) is 0 Å². The highest BCUT2D eigenvalue weighted by atomic mass is 14.9. The highest BCUT2D eigenvalue weighted by Crippen LogP contribution is 2.36. The van der Waals surface area contributed by atoms with Crippen molar-refractivity contribution in [3.8, 4) is 0 Å². The van der Waals surface area contributed by atoms with Gasteiger partial charge < -0.3 is 11.1 Å². The molecule has 0 atom stereocenters. The molecular formula is C15H24N2. The highest BCUT2D eigenvalue weighted by Gasteiger charge is 2.26. The van der Waals surface area contributed by atoms with Crippen molar-refractivity contribution in [2.45, 2.75) is 46.0 Å². The van der Waals surface area contributed by atoms with Crippen molar-refractivity contribution in [2.24, 2.45) is 5.41 Å². The number of nitrogen functional groups attached to an aromatic ring is 1. The summed E-state index contributed by atoms with van der Waals surface area (Å²) < 4.78 is 0. The monoisotopic (exact) mass is 232 g/mol. The lowest BCUT2D eigenvalue weighted by atomic mass is 9.76. The molecule has 0 heterocycles. The van der Waals surface area contributed by atoms with E-state index in [1.54, 1.807) is 0 Å². The van der Waals surface area contributed by atoms with E-state index in [1.165, 1.54) is 37.7 Å². The summed E-state index contributed by atoms with van der Waals surface area (Å²) in [6, 6.07) is 6.24. The molecule has 0 aliphatic heterocycles. The second-order valence-electron chi connectivity index (χ2n) is 5.82. The van der Waals surface area contributed by atoms with Crippen molar-refractivity contribution < 1.29 is 0 Å². The van der Waals surface area contributed by atoms with E-state index in [-0.39, 0.29) is 0 Å². The Hall–Kier alpha value is -1.18. The highest BCUT2D eigenvalue weighted by molar-refractivity contribution is 5.66. The Bertz CT molecular complexity index is 379. The van der Waals surface area contributed by atoms with Crippen LogP contribution in [0.15, 0.2) is 18.2 Å². The Labute approximate surface area is 105 Å². The third-order valence-corrected chi connectivity index (χ3v) is 3.97. The number of hydrogen-bond acceptors (Lipinski definition) is 2. The van der Waals surface area contributed by atoms with Crippen LogP contribution in [0, 0.1) is 12.3 Å². The molecule has 94 valence electrons. The lowest BCUT2D eigenvalue weighted by Crippen LogP contribution is -2.29. The van der Waals surface area contributed by atoms with Crippen LogP contribution in [0.1, 0.15) is 44.6 Å². The van der Waals surface area contributed by atoms with Gasteiger partial charge in [-0.15, -0.1) is 0 Å². The Morgan fingerprint density at radius 1 is 1.24 bits per heavy atom. The fraction of sp³-hybridized carbons (Fsp3) is 0.600. The van der Waals surface area contributed by atoms with Crippen LogP contribution in [-0.2, 0) is 0 Å². The molecule has 0 saturated heterocycles. The van der Waals surface area contributed by atoms with Gasteiger partial charge in [0.25, 0.3) is 0 Å². The van der Waals surface area contributed by atoms with Gasteiger partial charge in [-0.05, 0) is 42.9 Å². The summed E-state index contributed by atoms with van der Waals surface area (Å²) in [6.45, 7) is 5.51. The lowest BCUT2D eigenvalue weighted by molar-refractivity contribution is 0.233. The molecule has 0 aromatic heterocycles. The molecule has 0 spiro atoms. The summed E-state index contributed by atoms with van der Waals surface area (Å²) in [5, 5.41) is 3.53. The van der Waals surface area contributed by atoms with Crippen molar-refractivity contribution in [3.05, 3.63) is 23.8 Å². The molecule has 0 amide bonds. The van der Waals surface area contributed by atoms with E-state index < -0.39 is 0 Å². The van der Waals surface area contributed by atoms with E-state index in [4.69, 9.17) is 5.73 Å². The summed E-state index contributed by atoms with van der Waals surface area (Å²) in [5.74, 6) is 0. The van der Waals surface area contributed by atoms with E-state index in [2.05, 4.69) is 31.3 Å². The smallest absolute Gasteiger partial charge is 0.0574 e. The SMILES string of the molecule is Cc1ccc(NCC2(C)CCCCC2)c(N)c1. The molecule has 1 aromatic rings. The molecule has 2 nitrogen and oxygen atoms in total. The summed E-state index contributed by atoms with van der Waals surface area (Å²) in [5.41, 5.74) is 9.64. The van der Waals surface area contributed by atoms with Crippen LogP contribution in [0.2, 0.25) is 0 Å². The molecule has 1 aliphatic rings. The number of benzene rings is 1. The van der Waals surface area contributed by atoms with Crippen LogP contribution in [0.3, 0.4) is 0 Å². The molecule has 2 rings (SSSR count). The second-order valence-corrected chi connectivity index (χ2v) is 5.82. The van der Waals surface area contributed by atoms with Crippen LogP contribution in [0.4, 0.5) is 11.4 Å². The van der Waals surface area contributed by atoms with Gasteiger partial charge in [0.15, 0.2) is 0 Å². The molecule has 0 unspecified atom stereocenters. The minimum atomic E-state index is 0.454. The lowest BCUT2D eigenvalue weighted by Gasteiger charge is -2.34. The Morgan fingerprint density at radius 3 is 2.59 bits per heavy atom. The first-order valence-corrected chi connectivity index (χ1v) is 6.69. The maximum atomic E-state index is 6.02. The van der Waals surface area contributed by atoms with Crippen LogP contribution in [0.5, 0.6) is 0 Å². The van der Waals surface area contributed by atoms with Gasteiger partial charge in [0.1, 0.15) is 0 Å². The van der Waals surface area contributed by atoms with Crippen LogP contribution in [0.25, 0.3) is 0 Å². The molecule has 17 heavy (non-hydrogen) atoms. The predicted molar refractivity (Wildman–Crippen MR) is 75.3 cm³/mol. The van der Waals surface area contributed by atoms with Crippen molar-refractivity contribution in [2.75, 3.05) is 17.6 Å². The summed E-state index contributed by atoms with van der Waals surface area (Å²) in [4.78, 5) is 0. The normalized spacial score (nSPS) is 18.9. The van der Waals surface area contributed by atoms with E-state index >= 15 is 0 Å². The largest absolute Gasteiger partial charge is 0.397 e. The topological polar surface area (TPSA) is 38.0 Å². The number of rotatable bonds is 3. The summed E-state index contributed by atoms with van der Waals surface area (Å²) in [6.07, 6.45) is 6.84. The zero-order valence-electron chi connectivity index (χ0n) is 11.1. The zero-order valence-corrected chi connectivity index (χ0v) is 11.1. The average molecular weight is 232 g/mol. The van der Waals surface area contributed by atoms with Crippen LogP contribution >= 0.6 is 0 Å². The number of hydrogen-bond donors (Lipinski definition) is 2. The van der Waals surface area contributed by atoms with Gasteiger partial charge in [0.05, 0.1) is 11.4 Å². The Morgan fingerprint density at radius 2 is 1.94 bits per heavy atom. The average Bonchev–Trinajstić information content (AvgIpc) is 2.29. The molecular weight excluding hydrogens is 208 g/mol. The number of anilines is 2. The third-order valence-electron chi connectivity index (χ3n) is 3.97. The minimum Gasteiger partial charge on any atom is -0.397 e. The predicted octanol–water partition coefficient (Wildman–Crippen LogP) is 3.96. The van der Waals surface area contributed by atoms with E-state index in [9.17, 15) is 0 Å². The molecule has 1 aliphatic carbocycles. The second kappa shape index (κ2) is 4.99. The maximum absolute atomic E-state index is 6.02. The van der Waals surface area contributed by atoms with Crippen molar-refractivity contribution >= 4 is 11.4 Å². The first-order valence-electron chi connectivity index (χ1n) is 6.69. The fourth-order valence-electron chi connectivity index (χ4n) is 2.73. The van der Waals surface area contributed by atoms with Gasteiger partial charge in [-0.3, -0.25) is 0 Å². The molecule has 0 radical (unpaired) electrons.